The number of aryl methyl sites for hydroxylation is 1. The molecule has 1 fully saturated rings. The van der Waals surface area contributed by atoms with Crippen LogP contribution >= 0.6 is 0 Å². The number of rotatable bonds is 3. The van der Waals surface area contributed by atoms with E-state index in [9.17, 15) is 4.79 Å². The summed E-state index contributed by atoms with van der Waals surface area (Å²) < 4.78 is 7.83. The predicted octanol–water partition coefficient (Wildman–Crippen LogP) is 4.92. The van der Waals surface area contributed by atoms with Crippen molar-refractivity contribution in [3.05, 3.63) is 71.9 Å². The second-order valence-electron chi connectivity index (χ2n) is 7.04. The summed E-state index contributed by atoms with van der Waals surface area (Å²) in [6.45, 7) is 3.94. The van der Waals surface area contributed by atoms with Crippen molar-refractivity contribution in [2.75, 3.05) is 13.1 Å². The molecule has 26 heavy (non-hydrogen) atoms. The zero-order valence-electron chi connectivity index (χ0n) is 15.1. The highest BCUT2D eigenvalue weighted by Gasteiger charge is 2.25. The number of piperidine rings is 1. The molecule has 0 saturated carbocycles. The lowest BCUT2D eigenvalue weighted by Gasteiger charge is -2.32. The van der Waals surface area contributed by atoms with E-state index in [0.29, 0.717) is 12.6 Å². The topological polar surface area (TPSA) is 34.5 Å². The number of amides is 1. The molecule has 2 aromatic carbocycles. The maximum atomic E-state index is 12.3. The number of nitrogens with zero attached hydrogens (tertiary/aromatic N) is 2. The van der Waals surface area contributed by atoms with Gasteiger partial charge in [-0.15, -0.1) is 0 Å². The lowest BCUT2D eigenvalue weighted by atomic mass is 10.0. The third kappa shape index (κ3) is 3.45. The minimum atomic E-state index is -0.208. The van der Waals surface area contributed by atoms with Crippen LogP contribution in [-0.2, 0) is 11.3 Å². The van der Waals surface area contributed by atoms with Crippen molar-refractivity contribution < 1.29 is 9.53 Å². The van der Waals surface area contributed by atoms with Crippen molar-refractivity contribution >= 4 is 17.0 Å². The summed E-state index contributed by atoms with van der Waals surface area (Å²) in [7, 11) is 0. The summed E-state index contributed by atoms with van der Waals surface area (Å²) in [5.74, 6) is 0. The summed E-state index contributed by atoms with van der Waals surface area (Å²) in [6.07, 6.45) is 3.88. The number of likely N-dealkylation sites (tertiary alicyclic amines) is 1. The second kappa shape index (κ2) is 7.24. The molecule has 0 aliphatic carbocycles. The first-order valence-electron chi connectivity index (χ1n) is 9.23. The van der Waals surface area contributed by atoms with E-state index in [1.54, 1.807) is 0 Å². The molecule has 0 unspecified atom stereocenters. The molecular weight excluding hydrogens is 324 g/mol. The molecular formula is C22H24N2O2. The standard InChI is InChI=1S/C22H24N2O2/c1-17-7-8-19-9-14-24(21(19)15-17)20-10-12-23(13-11-20)22(25)26-16-18-5-3-2-4-6-18/h2-9,14-15,20H,10-13,16H2,1H3. The van der Waals surface area contributed by atoms with Gasteiger partial charge in [0.05, 0.1) is 0 Å². The molecule has 4 heteroatoms. The number of ether oxygens (including phenoxy) is 1. The number of carbonyl (C=O) groups is 1. The van der Waals surface area contributed by atoms with Gasteiger partial charge in [0, 0.05) is 30.8 Å². The van der Waals surface area contributed by atoms with Crippen LogP contribution < -0.4 is 0 Å². The van der Waals surface area contributed by atoms with E-state index < -0.39 is 0 Å². The fourth-order valence-electron chi connectivity index (χ4n) is 3.71. The van der Waals surface area contributed by atoms with Gasteiger partial charge in [0.1, 0.15) is 6.61 Å². The summed E-state index contributed by atoms with van der Waals surface area (Å²) in [6, 6.07) is 19.0. The number of carbonyl (C=O) groups excluding carboxylic acids is 1. The average molecular weight is 348 g/mol. The Bertz CT molecular complexity index is 893. The monoisotopic (exact) mass is 348 g/mol. The summed E-state index contributed by atoms with van der Waals surface area (Å²) in [5, 5.41) is 1.28. The lowest BCUT2D eigenvalue weighted by Crippen LogP contribution is -2.39. The maximum Gasteiger partial charge on any atom is 0.410 e. The zero-order valence-corrected chi connectivity index (χ0v) is 15.1. The van der Waals surface area contributed by atoms with Crippen LogP contribution in [0.4, 0.5) is 4.79 Å². The molecule has 4 nitrogen and oxygen atoms in total. The first-order valence-corrected chi connectivity index (χ1v) is 9.23. The molecule has 0 spiro atoms. The van der Waals surface area contributed by atoms with E-state index >= 15 is 0 Å². The van der Waals surface area contributed by atoms with Crippen LogP contribution in [0, 0.1) is 6.92 Å². The van der Waals surface area contributed by atoms with Crippen LogP contribution in [0.25, 0.3) is 10.9 Å². The Morgan fingerprint density at radius 3 is 2.62 bits per heavy atom. The van der Waals surface area contributed by atoms with Gasteiger partial charge < -0.3 is 14.2 Å². The highest BCUT2D eigenvalue weighted by atomic mass is 16.6. The third-order valence-electron chi connectivity index (χ3n) is 5.20. The average Bonchev–Trinajstić information content (AvgIpc) is 3.10. The van der Waals surface area contributed by atoms with Gasteiger partial charge in [-0.25, -0.2) is 4.79 Å². The smallest absolute Gasteiger partial charge is 0.410 e. The molecule has 134 valence electrons. The molecule has 2 heterocycles. The normalized spacial score (nSPS) is 15.3. The van der Waals surface area contributed by atoms with Gasteiger partial charge in [0.15, 0.2) is 0 Å². The van der Waals surface area contributed by atoms with E-state index in [1.807, 2.05) is 35.2 Å². The van der Waals surface area contributed by atoms with E-state index in [-0.39, 0.29) is 6.09 Å². The van der Waals surface area contributed by atoms with Crippen LogP contribution in [0.2, 0.25) is 0 Å². The highest BCUT2D eigenvalue weighted by molar-refractivity contribution is 5.81. The van der Waals surface area contributed by atoms with Gasteiger partial charge in [-0.05, 0) is 48.4 Å². The quantitative estimate of drug-likeness (QED) is 0.673. The number of hydrogen-bond acceptors (Lipinski definition) is 2. The van der Waals surface area contributed by atoms with Gasteiger partial charge in [-0.2, -0.15) is 0 Å². The lowest BCUT2D eigenvalue weighted by molar-refractivity contribution is 0.0834. The van der Waals surface area contributed by atoms with Crippen molar-refractivity contribution in [1.29, 1.82) is 0 Å². The van der Waals surface area contributed by atoms with E-state index in [4.69, 9.17) is 4.74 Å². The van der Waals surface area contributed by atoms with Crippen LogP contribution in [-0.4, -0.2) is 28.6 Å². The van der Waals surface area contributed by atoms with Gasteiger partial charge >= 0.3 is 6.09 Å². The van der Waals surface area contributed by atoms with Crippen molar-refractivity contribution in [3.63, 3.8) is 0 Å². The fourth-order valence-corrected chi connectivity index (χ4v) is 3.71. The third-order valence-corrected chi connectivity index (χ3v) is 5.20. The number of fused-ring (bicyclic) bond motifs is 1. The SMILES string of the molecule is Cc1ccc2ccn(C3CCN(C(=O)OCc4ccccc4)CC3)c2c1. The minimum Gasteiger partial charge on any atom is -0.445 e. The van der Waals surface area contributed by atoms with Crippen LogP contribution in [0.15, 0.2) is 60.8 Å². The van der Waals surface area contributed by atoms with Crippen molar-refractivity contribution in [1.82, 2.24) is 9.47 Å². The summed E-state index contributed by atoms with van der Waals surface area (Å²) in [4.78, 5) is 14.1. The highest BCUT2D eigenvalue weighted by Crippen LogP contribution is 2.28. The van der Waals surface area contributed by atoms with E-state index in [0.717, 1.165) is 31.5 Å². The molecule has 1 saturated heterocycles. The maximum absolute atomic E-state index is 12.3. The Kier molecular flexibility index (Phi) is 4.65. The molecule has 0 atom stereocenters. The number of benzene rings is 2. The molecule has 1 amide bonds. The van der Waals surface area contributed by atoms with E-state index in [1.165, 1.54) is 16.5 Å². The summed E-state index contributed by atoms with van der Waals surface area (Å²) in [5.41, 5.74) is 3.58. The number of hydrogen-bond donors (Lipinski definition) is 0. The molecule has 0 radical (unpaired) electrons. The number of aromatic nitrogens is 1. The van der Waals surface area contributed by atoms with Crippen LogP contribution in [0.1, 0.15) is 30.0 Å². The zero-order chi connectivity index (χ0) is 17.9. The van der Waals surface area contributed by atoms with Crippen molar-refractivity contribution in [3.8, 4) is 0 Å². The van der Waals surface area contributed by atoms with Crippen molar-refractivity contribution in [2.45, 2.75) is 32.4 Å². The Hall–Kier alpha value is -2.75. The first-order chi connectivity index (χ1) is 12.7. The Morgan fingerprint density at radius 2 is 1.85 bits per heavy atom. The molecule has 1 aromatic heterocycles. The van der Waals surface area contributed by atoms with Gasteiger partial charge in [0.2, 0.25) is 0 Å². The largest absolute Gasteiger partial charge is 0.445 e. The van der Waals surface area contributed by atoms with Crippen LogP contribution in [0.5, 0.6) is 0 Å². The molecule has 4 rings (SSSR count). The van der Waals surface area contributed by atoms with Gasteiger partial charge in [0.25, 0.3) is 0 Å². The molecule has 1 aliphatic rings. The Balaban J connectivity index is 1.36. The Morgan fingerprint density at radius 1 is 1.08 bits per heavy atom. The fraction of sp³-hybridized carbons (Fsp3) is 0.318. The molecule has 0 N–H and O–H groups in total. The van der Waals surface area contributed by atoms with Gasteiger partial charge in [-0.1, -0.05) is 42.5 Å². The summed E-state index contributed by atoms with van der Waals surface area (Å²) >= 11 is 0. The second-order valence-corrected chi connectivity index (χ2v) is 7.04. The van der Waals surface area contributed by atoms with Crippen LogP contribution in [0.3, 0.4) is 0 Å². The van der Waals surface area contributed by atoms with E-state index in [2.05, 4.69) is 42.0 Å². The molecule has 1 aliphatic heterocycles. The van der Waals surface area contributed by atoms with Crippen molar-refractivity contribution in [2.24, 2.45) is 0 Å². The molecule has 0 bridgehead atoms. The van der Waals surface area contributed by atoms with Gasteiger partial charge in [-0.3, -0.25) is 0 Å². The first kappa shape index (κ1) is 16.7. The molecule has 3 aromatic rings. The predicted molar refractivity (Wildman–Crippen MR) is 103 cm³/mol. The minimum absolute atomic E-state index is 0.208. The Labute approximate surface area is 154 Å².